The fourth-order valence-electron chi connectivity index (χ4n) is 3.22. The van der Waals surface area contributed by atoms with Crippen molar-refractivity contribution < 1.29 is 9.59 Å². The van der Waals surface area contributed by atoms with Gasteiger partial charge in [0.15, 0.2) is 0 Å². The van der Waals surface area contributed by atoms with Crippen LogP contribution >= 0.6 is 11.6 Å². The minimum absolute atomic E-state index is 0.0843. The fraction of sp³-hybridized carbons (Fsp3) is 0.333. The molecule has 28 heavy (non-hydrogen) atoms. The first-order valence-corrected chi connectivity index (χ1v) is 9.78. The number of nitrogens with zero attached hydrogens (tertiary/aromatic N) is 1. The van der Waals surface area contributed by atoms with Gasteiger partial charge in [0.05, 0.1) is 17.3 Å². The van der Waals surface area contributed by atoms with E-state index in [2.05, 4.69) is 20.9 Å². The summed E-state index contributed by atoms with van der Waals surface area (Å²) in [5.41, 5.74) is 2.45. The molecule has 2 aromatic rings. The van der Waals surface area contributed by atoms with E-state index in [1.54, 1.807) is 0 Å². The van der Waals surface area contributed by atoms with Crippen LogP contribution < -0.4 is 16.0 Å². The van der Waals surface area contributed by atoms with Crippen molar-refractivity contribution in [2.45, 2.75) is 25.8 Å². The summed E-state index contributed by atoms with van der Waals surface area (Å²) in [7, 11) is 0. The van der Waals surface area contributed by atoms with Crippen molar-refractivity contribution in [3.8, 4) is 0 Å². The molecule has 1 heterocycles. The van der Waals surface area contributed by atoms with E-state index in [0.29, 0.717) is 17.3 Å². The van der Waals surface area contributed by atoms with Crippen LogP contribution in [0.4, 0.5) is 16.2 Å². The number of halogens is 1. The summed E-state index contributed by atoms with van der Waals surface area (Å²) in [6, 6.07) is 14.8. The molecule has 1 aliphatic heterocycles. The van der Waals surface area contributed by atoms with E-state index >= 15 is 0 Å². The highest BCUT2D eigenvalue weighted by molar-refractivity contribution is 6.33. The minimum Gasteiger partial charge on any atom is -0.335 e. The quantitative estimate of drug-likeness (QED) is 0.713. The highest BCUT2D eigenvalue weighted by Gasteiger charge is 2.22. The molecule has 3 rings (SSSR count). The lowest BCUT2D eigenvalue weighted by molar-refractivity contribution is -0.117. The fourth-order valence-corrected chi connectivity index (χ4v) is 3.51. The van der Waals surface area contributed by atoms with Crippen LogP contribution in [0.5, 0.6) is 0 Å². The van der Waals surface area contributed by atoms with Gasteiger partial charge in [-0.2, -0.15) is 0 Å². The van der Waals surface area contributed by atoms with E-state index in [0.717, 1.165) is 37.2 Å². The lowest BCUT2D eigenvalue weighted by Gasteiger charge is -2.31. The van der Waals surface area contributed by atoms with Crippen molar-refractivity contribution in [3.63, 3.8) is 0 Å². The van der Waals surface area contributed by atoms with Gasteiger partial charge >= 0.3 is 6.03 Å². The lowest BCUT2D eigenvalue weighted by Crippen LogP contribution is -2.47. The number of urea groups is 1. The standard InChI is InChI=1S/C21H25ClN4O2/c1-15-7-8-19(18(22)13-15)25-20(27)14-26-11-9-17(10-12-26)24-21(28)23-16-5-3-2-4-6-16/h2-8,13,17H,9-12,14H2,1H3,(H,25,27)(H2,23,24,28). The van der Waals surface area contributed by atoms with Crippen molar-refractivity contribution in [2.24, 2.45) is 0 Å². The molecule has 6 nitrogen and oxygen atoms in total. The Kier molecular flexibility index (Phi) is 6.90. The number of para-hydroxylation sites is 1. The molecule has 3 N–H and O–H groups in total. The van der Waals surface area contributed by atoms with Gasteiger partial charge in [0.2, 0.25) is 5.91 Å². The predicted molar refractivity (Wildman–Crippen MR) is 113 cm³/mol. The lowest BCUT2D eigenvalue weighted by atomic mass is 10.1. The number of likely N-dealkylation sites (tertiary alicyclic amines) is 1. The molecule has 0 saturated carbocycles. The zero-order chi connectivity index (χ0) is 19.9. The van der Waals surface area contributed by atoms with Crippen molar-refractivity contribution in [1.82, 2.24) is 10.2 Å². The summed E-state index contributed by atoms with van der Waals surface area (Å²) in [5, 5.41) is 9.23. The molecular formula is C21H25ClN4O2. The molecule has 148 valence electrons. The summed E-state index contributed by atoms with van der Waals surface area (Å²) in [6.07, 6.45) is 1.61. The van der Waals surface area contributed by atoms with Gasteiger partial charge in [0.25, 0.3) is 0 Å². The van der Waals surface area contributed by atoms with Crippen LogP contribution in [0.2, 0.25) is 5.02 Å². The van der Waals surface area contributed by atoms with E-state index in [4.69, 9.17) is 11.6 Å². The zero-order valence-electron chi connectivity index (χ0n) is 15.9. The number of amides is 3. The molecule has 0 aliphatic carbocycles. The second kappa shape index (κ2) is 9.57. The molecule has 0 radical (unpaired) electrons. The van der Waals surface area contributed by atoms with Gasteiger partial charge in [-0.1, -0.05) is 35.9 Å². The molecule has 1 saturated heterocycles. The molecule has 0 aromatic heterocycles. The highest BCUT2D eigenvalue weighted by atomic mass is 35.5. The number of aryl methyl sites for hydroxylation is 1. The Labute approximate surface area is 170 Å². The normalized spacial score (nSPS) is 15.1. The number of nitrogens with one attached hydrogen (secondary N) is 3. The number of carbonyl (C=O) groups is 2. The molecule has 2 aromatic carbocycles. The first kappa shape index (κ1) is 20.2. The predicted octanol–water partition coefficient (Wildman–Crippen LogP) is 3.87. The molecule has 0 unspecified atom stereocenters. The SMILES string of the molecule is Cc1ccc(NC(=O)CN2CCC(NC(=O)Nc3ccccc3)CC2)c(Cl)c1. The van der Waals surface area contributed by atoms with Gasteiger partial charge in [-0.05, 0) is 49.6 Å². The van der Waals surface area contributed by atoms with Gasteiger partial charge in [0, 0.05) is 24.8 Å². The Morgan fingerprint density at radius 3 is 2.46 bits per heavy atom. The second-order valence-electron chi connectivity index (χ2n) is 7.05. The van der Waals surface area contributed by atoms with E-state index < -0.39 is 0 Å². The van der Waals surface area contributed by atoms with E-state index in [-0.39, 0.29) is 18.0 Å². The minimum atomic E-state index is -0.198. The smallest absolute Gasteiger partial charge is 0.319 e. The average Bonchev–Trinajstić information content (AvgIpc) is 2.66. The van der Waals surface area contributed by atoms with Crippen molar-refractivity contribution >= 4 is 34.9 Å². The maximum Gasteiger partial charge on any atom is 0.319 e. The maximum atomic E-state index is 12.3. The third-order valence-corrected chi connectivity index (χ3v) is 5.03. The zero-order valence-corrected chi connectivity index (χ0v) is 16.6. The first-order chi connectivity index (χ1) is 13.5. The van der Waals surface area contributed by atoms with Gasteiger partial charge in [-0.15, -0.1) is 0 Å². The third kappa shape index (κ3) is 5.97. The third-order valence-electron chi connectivity index (χ3n) is 4.72. The van der Waals surface area contributed by atoms with Crippen molar-refractivity contribution in [3.05, 3.63) is 59.1 Å². The van der Waals surface area contributed by atoms with Crippen LogP contribution in [0, 0.1) is 6.92 Å². The Morgan fingerprint density at radius 1 is 1.07 bits per heavy atom. The molecule has 1 aliphatic rings. The maximum absolute atomic E-state index is 12.3. The number of hydrogen-bond donors (Lipinski definition) is 3. The van der Waals surface area contributed by atoms with Crippen LogP contribution in [0.1, 0.15) is 18.4 Å². The van der Waals surface area contributed by atoms with E-state index in [1.807, 2.05) is 55.5 Å². The van der Waals surface area contributed by atoms with E-state index in [9.17, 15) is 9.59 Å². The number of rotatable bonds is 5. The van der Waals surface area contributed by atoms with Gasteiger partial charge in [-0.3, -0.25) is 9.69 Å². The van der Waals surface area contributed by atoms with Crippen LogP contribution in [-0.4, -0.2) is 42.5 Å². The van der Waals surface area contributed by atoms with Gasteiger partial charge in [-0.25, -0.2) is 4.79 Å². The number of hydrogen-bond acceptors (Lipinski definition) is 3. The number of benzene rings is 2. The highest BCUT2D eigenvalue weighted by Crippen LogP contribution is 2.22. The van der Waals surface area contributed by atoms with Crippen LogP contribution in [0.15, 0.2) is 48.5 Å². The first-order valence-electron chi connectivity index (χ1n) is 9.40. The molecule has 0 atom stereocenters. The Hall–Kier alpha value is -2.57. The molecule has 0 spiro atoms. The number of piperidine rings is 1. The largest absolute Gasteiger partial charge is 0.335 e. The Bertz CT molecular complexity index is 820. The molecule has 0 bridgehead atoms. The average molecular weight is 401 g/mol. The van der Waals surface area contributed by atoms with Crippen LogP contribution in [0.25, 0.3) is 0 Å². The monoisotopic (exact) mass is 400 g/mol. The Morgan fingerprint density at radius 2 is 1.79 bits per heavy atom. The summed E-state index contributed by atoms with van der Waals surface area (Å²) < 4.78 is 0. The number of carbonyl (C=O) groups excluding carboxylic acids is 2. The molecule has 7 heteroatoms. The summed E-state index contributed by atoms with van der Waals surface area (Å²) in [4.78, 5) is 26.5. The molecule has 1 fully saturated rings. The van der Waals surface area contributed by atoms with Gasteiger partial charge in [0.1, 0.15) is 0 Å². The summed E-state index contributed by atoms with van der Waals surface area (Å²) >= 11 is 6.17. The van der Waals surface area contributed by atoms with Crippen molar-refractivity contribution in [2.75, 3.05) is 30.3 Å². The van der Waals surface area contributed by atoms with Crippen LogP contribution in [-0.2, 0) is 4.79 Å². The van der Waals surface area contributed by atoms with E-state index in [1.165, 1.54) is 0 Å². The molecule has 3 amide bonds. The second-order valence-corrected chi connectivity index (χ2v) is 7.45. The summed E-state index contributed by atoms with van der Waals surface area (Å²) in [5.74, 6) is -0.0843. The number of anilines is 2. The van der Waals surface area contributed by atoms with Crippen LogP contribution in [0.3, 0.4) is 0 Å². The molecular weight excluding hydrogens is 376 g/mol. The topological polar surface area (TPSA) is 73.5 Å². The van der Waals surface area contributed by atoms with Crippen molar-refractivity contribution in [1.29, 1.82) is 0 Å². The van der Waals surface area contributed by atoms with Gasteiger partial charge < -0.3 is 16.0 Å². The Balaban J connectivity index is 1.40. The summed E-state index contributed by atoms with van der Waals surface area (Å²) in [6.45, 7) is 3.78.